The fourth-order valence-corrected chi connectivity index (χ4v) is 3.57. The average molecular weight is 390 g/mol. The highest BCUT2D eigenvalue weighted by atomic mass is 35.5. The Hall–Kier alpha value is -1.85. The van der Waals surface area contributed by atoms with E-state index in [1.54, 1.807) is 0 Å². The van der Waals surface area contributed by atoms with Gasteiger partial charge in [-0.25, -0.2) is 4.98 Å². The molecule has 2 aromatic rings. The molecule has 1 amide bonds. The summed E-state index contributed by atoms with van der Waals surface area (Å²) in [6, 6.07) is 7.49. The van der Waals surface area contributed by atoms with Crippen LogP contribution in [0, 0.1) is 12.8 Å². The maximum absolute atomic E-state index is 12.4. The SMILES string of the molecule is CCCCNC(=O)[C@H]1CCCN(Cc2nc(-c3ccc(Cl)cc3)oc2C)C1. The number of carbonyl (C=O) groups is 1. The minimum Gasteiger partial charge on any atom is -0.441 e. The summed E-state index contributed by atoms with van der Waals surface area (Å²) in [4.78, 5) is 19.4. The van der Waals surface area contributed by atoms with Gasteiger partial charge in [-0.2, -0.15) is 0 Å². The number of rotatable bonds is 7. The Bertz CT molecular complexity index is 757. The topological polar surface area (TPSA) is 58.4 Å². The number of aryl methyl sites for hydroxylation is 1. The van der Waals surface area contributed by atoms with Crippen LogP contribution in [0.1, 0.15) is 44.1 Å². The molecule has 1 saturated heterocycles. The molecule has 2 heterocycles. The number of aromatic nitrogens is 1. The van der Waals surface area contributed by atoms with E-state index in [1.807, 2.05) is 31.2 Å². The molecule has 1 aromatic heterocycles. The van der Waals surface area contributed by atoms with Crippen LogP contribution in [-0.4, -0.2) is 35.4 Å². The van der Waals surface area contributed by atoms with Crippen LogP contribution < -0.4 is 5.32 Å². The summed E-state index contributed by atoms with van der Waals surface area (Å²) in [5.74, 6) is 1.70. The van der Waals surface area contributed by atoms with Gasteiger partial charge in [0.05, 0.1) is 11.6 Å². The second kappa shape index (κ2) is 9.38. The van der Waals surface area contributed by atoms with Gasteiger partial charge >= 0.3 is 0 Å². The smallest absolute Gasteiger partial charge is 0.226 e. The van der Waals surface area contributed by atoms with E-state index >= 15 is 0 Å². The molecule has 0 spiro atoms. The van der Waals surface area contributed by atoms with Crippen molar-refractivity contribution in [1.29, 1.82) is 0 Å². The first-order valence-corrected chi connectivity index (χ1v) is 10.2. The third-order valence-corrected chi connectivity index (χ3v) is 5.32. The summed E-state index contributed by atoms with van der Waals surface area (Å²) >= 11 is 5.95. The van der Waals surface area contributed by atoms with Gasteiger partial charge in [-0.05, 0) is 57.0 Å². The van der Waals surface area contributed by atoms with E-state index in [4.69, 9.17) is 16.0 Å². The van der Waals surface area contributed by atoms with Crippen LogP contribution in [0.5, 0.6) is 0 Å². The van der Waals surface area contributed by atoms with E-state index in [0.717, 1.165) is 62.3 Å². The molecule has 1 aliphatic rings. The lowest BCUT2D eigenvalue weighted by molar-refractivity contribution is -0.126. The number of amides is 1. The second-order valence-corrected chi connectivity index (χ2v) is 7.68. The molecule has 0 unspecified atom stereocenters. The summed E-state index contributed by atoms with van der Waals surface area (Å²) in [6.07, 6.45) is 4.13. The maximum Gasteiger partial charge on any atom is 0.226 e. The number of hydrogen-bond acceptors (Lipinski definition) is 4. The third kappa shape index (κ3) is 5.33. The van der Waals surface area contributed by atoms with Crippen molar-refractivity contribution in [1.82, 2.24) is 15.2 Å². The zero-order valence-electron chi connectivity index (χ0n) is 16.1. The number of carbonyl (C=O) groups excluding carboxylic acids is 1. The molecule has 3 rings (SSSR count). The number of nitrogens with zero attached hydrogens (tertiary/aromatic N) is 2. The van der Waals surface area contributed by atoms with Crippen molar-refractivity contribution >= 4 is 17.5 Å². The predicted octanol–water partition coefficient (Wildman–Crippen LogP) is 4.43. The van der Waals surface area contributed by atoms with Gasteiger partial charge in [-0.3, -0.25) is 9.69 Å². The van der Waals surface area contributed by atoms with Crippen molar-refractivity contribution in [3.8, 4) is 11.5 Å². The Morgan fingerprint density at radius 3 is 2.89 bits per heavy atom. The van der Waals surface area contributed by atoms with Crippen LogP contribution in [0.2, 0.25) is 5.02 Å². The zero-order valence-corrected chi connectivity index (χ0v) is 16.9. The molecule has 0 bridgehead atoms. The number of halogens is 1. The van der Waals surface area contributed by atoms with Gasteiger partial charge in [0.2, 0.25) is 11.8 Å². The van der Waals surface area contributed by atoms with Gasteiger partial charge < -0.3 is 9.73 Å². The van der Waals surface area contributed by atoms with E-state index in [1.165, 1.54) is 0 Å². The van der Waals surface area contributed by atoms with Crippen molar-refractivity contribution in [2.45, 2.75) is 46.1 Å². The fraction of sp³-hybridized carbons (Fsp3) is 0.524. The molecule has 1 aliphatic heterocycles. The van der Waals surface area contributed by atoms with Gasteiger partial charge in [0.25, 0.3) is 0 Å². The van der Waals surface area contributed by atoms with E-state index in [0.29, 0.717) is 17.5 Å². The van der Waals surface area contributed by atoms with Crippen LogP contribution in [0.25, 0.3) is 11.5 Å². The van der Waals surface area contributed by atoms with Crippen molar-refractivity contribution < 1.29 is 9.21 Å². The predicted molar refractivity (Wildman–Crippen MR) is 108 cm³/mol. The normalized spacial score (nSPS) is 17.8. The lowest BCUT2D eigenvalue weighted by Crippen LogP contribution is -2.43. The maximum atomic E-state index is 12.4. The Morgan fingerprint density at radius 1 is 1.37 bits per heavy atom. The molecule has 1 atom stereocenters. The van der Waals surface area contributed by atoms with Gasteiger partial charge in [0.1, 0.15) is 5.76 Å². The van der Waals surface area contributed by atoms with E-state index in [2.05, 4.69) is 22.1 Å². The molecule has 1 aromatic carbocycles. The molecule has 6 heteroatoms. The summed E-state index contributed by atoms with van der Waals surface area (Å²) in [5.41, 5.74) is 1.85. The number of unbranched alkanes of at least 4 members (excludes halogenated alkanes) is 1. The van der Waals surface area contributed by atoms with Crippen LogP contribution in [0.15, 0.2) is 28.7 Å². The zero-order chi connectivity index (χ0) is 19.2. The fourth-order valence-electron chi connectivity index (χ4n) is 3.45. The number of benzene rings is 1. The van der Waals surface area contributed by atoms with Crippen molar-refractivity contribution in [2.24, 2.45) is 5.92 Å². The van der Waals surface area contributed by atoms with E-state index < -0.39 is 0 Å². The van der Waals surface area contributed by atoms with Gasteiger partial charge in [-0.15, -0.1) is 0 Å². The molecule has 0 saturated carbocycles. The van der Waals surface area contributed by atoms with Crippen LogP contribution in [0.4, 0.5) is 0 Å². The molecule has 5 nitrogen and oxygen atoms in total. The van der Waals surface area contributed by atoms with Crippen LogP contribution in [0.3, 0.4) is 0 Å². The quantitative estimate of drug-likeness (QED) is 0.711. The molecule has 0 aliphatic carbocycles. The minimum absolute atomic E-state index is 0.0681. The number of nitrogens with one attached hydrogen (secondary N) is 1. The van der Waals surface area contributed by atoms with Gasteiger partial charge in [0, 0.05) is 30.2 Å². The molecular formula is C21H28ClN3O2. The molecule has 27 heavy (non-hydrogen) atoms. The average Bonchev–Trinajstić information content (AvgIpc) is 3.03. The van der Waals surface area contributed by atoms with Gasteiger partial charge in [-0.1, -0.05) is 24.9 Å². The highest BCUT2D eigenvalue weighted by Gasteiger charge is 2.26. The summed E-state index contributed by atoms with van der Waals surface area (Å²) in [5, 5.41) is 3.76. The minimum atomic E-state index is 0.0681. The summed E-state index contributed by atoms with van der Waals surface area (Å²) in [6.45, 7) is 7.33. The Balaban J connectivity index is 1.61. The van der Waals surface area contributed by atoms with Crippen molar-refractivity contribution in [3.63, 3.8) is 0 Å². The molecule has 1 fully saturated rings. The molecule has 0 radical (unpaired) electrons. The highest BCUT2D eigenvalue weighted by molar-refractivity contribution is 6.30. The Morgan fingerprint density at radius 2 is 2.15 bits per heavy atom. The molecule has 146 valence electrons. The standard InChI is InChI=1S/C21H28ClN3O2/c1-3-4-11-23-20(26)17-6-5-12-25(13-17)14-19-15(2)27-21(24-19)16-7-9-18(22)10-8-16/h7-10,17H,3-6,11-14H2,1-2H3,(H,23,26)/t17-/m0/s1. The first kappa shape index (κ1) is 19.9. The second-order valence-electron chi connectivity index (χ2n) is 7.25. The van der Waals surface area contributed by atoms with Crippen molar-refractivity contribution in [2.75, 3.05) is 19.6 Å². The van der Waals surface area contributed by atoms with E-state index in [9.17, 15) is 4.79 Å². The number of hydrogen-bond donors (Lipinski definition) is 1. The first-order chi connectivity index (χ1) is 13.1. The first-order valence-electron chi connectivity index (χ1n) is 9.79. The summed E-state index contributed by atoms with van der Waals surface area (Å²) in [7, 11) is 0. The van der Waals surface area contributed by atoms with Crippen molar-refractivity contribution in [3.05, 3.63) is 40.7 Å². The Labute approximate surface area is 166 Å². The lowest BCUT2D eigenvalue weighted by atomic mass is 9.97. The molecule has 1 N–H and O–H groups in total. The molecular weight excluding hydrogens is 362 g/mol. The lowest BCUT2D eigenvalue weighted by Gasteiger charge is -2.31. The van der Waals surface area contributed by atoms with Gasteiger partial charge in [0.15, 0.2) is 0 Å². The highest BCUT2D eigenvalue weighted by Crippen LogP contribution is 2.25. The van der Waals surface area contributed by atoms with E-state index in [-0.39, 0.29) is 11.8 Å². The third-order valence-electron chi connectivity index (χ3n) is 5.06. The van der Waals surface area contributed by atoms with Crippen LogP contribution >= 0.6 is 11.6 Å². The number of oxazole rings is 1. The monoisotopic (exact) mass is 389 g/mol. The number of piperidine rings is 1. The van der Waals surface area contributed by atoms with Crippen LogP contribution in [-0.2, 0) is 11.3 Å². The summed E-state index contributed by atoms with van der Waals surface area (Å²) < 4.78 is 5.86. The number of likely N-dealkylation sites (tertiary alicyclic amines) is 1. The Kier molecular flexibility index (Phi) is 6.91. The largest absolute Gasteiger partial charge is 0.441 e.